The van der Waals surface area contributed by atoms with Gasteiger partial charge in [-0.1, -0.05) is 54.6 Å². The molecular formula is C20H15NO3. The van der Waals surface area contributed by atoms with E-state index in [1.165, 1.54) is 4.90 Å². The number of carbonyl (C=O) groups excluding carboxylic acids is 2. The van der Waals surface area contributed by atoms with Gasteiger partial charge in [0.05, 0.1) is 29.7 Å². The summed E-state index contributed by atoms with van der Waals surface area (Å²) < 4.78 is 5.66. The molecule has 0 N–H and O–H groups in total. The van der Waals surface area contributed by atoms with E-state index in [2.05, 4.69) is 0 Å². The summed E-state index contributed by atoms with van der Waals surface area (Å²) >= 11 is 0. The van der Waals surface area contributed by atoms with Gasteiger partial charge in [-0.3, -0.25) is 9.59 Å². The van der Waals surface area contributed by atoms with Gasteiger partial charge in [-0.2, -0.15) is 0 Å². The first-order valence-electron chi connectivity index (χ1n) is 8.11. The SMILES string of the molecule is O=C1[C@@H]2[C@@H](C(=O)N1c1ccc(-c3ccccc3)cc1)[C@H]1C=C[C@@H]2O1. The summed E-state index contributed by atoms with van der Waals surface area (Å²) in [4.78, 5) is 26.8. The number of nitrogens with zero attached hydrogens (tertiary/aromatic N) is 1. The zero-order valence-corrected chi connectivity index (χ0v) is 12.8. The first-order chi connectivity index (χ1) is 11.7. The molecule has 0 radical (unpaired) electrons. The Kier molecular flexibility index (Phi) is 2.79. The van der Waals surface area contributed by atoms with Crippen LogP contribution in [0.15, 0.2) is 66.7 Å². The zero-order valence-electron chi connectivity index (χ0n) is 12.8. The molecule has 2 bridgehead atoms. The molecule has 4 atom stereocenters. The summed E-state index contributed by atoms with van der Waals surface area (Å²) in [6.07, 6.45) is 3.31. The van der Waals surface area contributed by atoms with Crippen LogP contribution in [0.25, 0.3) is 11.1 Å². The second kappa shape index (κ2) is 4.89. The average molecular weight is 317 g/mol. The highest BCUT2D eigenvalue weighted by molar-refractivity contribution is 6.23. The van der Waals surface area contributed by atoms with Crippen molar-refractivity contribution in [2.45, 2.75) is 12.2 Å². The minimum atomic E-state index is -0.360. The molecule has 2 aromatic rings. The van der Waals surface area contributed by atoms with Crippen LogP contribution < -0.4 is 4.90 Å². The second-order valence-corrected chi connectivity index (χ2v) is 6.43. The number of benzene rings is 2. The van der Waals surface area contributed by atoms with Crippen molar-refractivity contribution in [1.29, 1.82) is 0 Å². The lowest BCUT2D eigenvalue weighted by Crippen LogP contribution is -2.34. The molecule has 0 aliphatic carbocycles. The quantitative estimate of drug-likeness (QED) is 0.632. The zero-order chi connectivity index (χ0) is 16.3. The molecule has 2 aromatic carbocycles. The number of rotatable bonds is 2. The number of amides is 2. The molecule has 3 aliphatic heterocycles. The first kappa shape index (κ1) is 13.7. The van der Waals surface area contributed by atoms with Gasteiger partial charge >= 0.3 is 0 Å². The van der Waals surface area contributed by atoms with Crippen LogP contribution in [0.2, 0.25) is 0 Å². The van der Waals surface area contributed by atoms with Gasteiger partial charge in [-0.25, -0.2) is 4.90 Å². The minimum absolute atomic E-state index is 0.144. The van der Waals surface area contributed by atoms with Gasteiger partial charge in [0.1, 0.15) is 0 Å². The maximum absolute atomic E-state index is 12.7. The lowest BCUT2D eigenvalue weighted by Gasteiger charge is -2.18. The van der Waals surface area contributed by atoms with E-state index in [0.717, 1.165) is 11.1 Å². The van der Waals surface area contributed by atoms with Crippen molar-refractivity contribution >= 4 is 17.5 Å². The minimum Gasteiger partial charge on any atom is -0.365 e. The number of ether oxygens (including phenoxy) is 1. The molecule has 4 nitrogen and oxygen atoms in total. The molecule has 5 rings (SSSR count). The van der Waals surface area contributed by atoms with Crippen LogP contribution in [0.3, 0.4) is 0 Å². The number of hydrogen-bond donors (Lipinski definition) is 0. The molecule has 24 heavy (non-hydrogen) atoms. The average Bonchev–Trinajstić information content (AvgIpc) is 3.30. The Morgan fingerprint density at radius 2 is 1.25 bits per heavy atom. The monoisotopic (exact) mass is 317 g/mol. The second-order valence-electron chi connectivity index (χ2n) is 6.43. The molecule has 3 aliphatic rings. The van der Waals surface area contributed by atoms with E-state index in [9.17, 15) is 9.59 Å². The molecule has 3 heterocycles. The van der Waals surface area contributed by atoms with Crippen LogP contribution in [-0.2, 0) is 14.3 Å². The maximum atomic E-state index is 12.7. The summed E-state index contributed by atoms with van der Waals surface area (Å²) in [7, 11) is 0. The predicted molar refractivity (Wildman–Crippen MR) is 89.2 cm³/mol. The van der Waals surface area contributed by atoms with Gasteiger partial charge in [-0.05, 0) is 23.3 Å². The Hall–Kier alpha value is -2.72. The molecular weight excluding hydrogens is 302 g/mol. The Labute approximate surface area is 139 Å². The molecule has 2 fully saturated rings. The Bertz CT molecular complexity index is 826. The third kappa shape index (κ3) is 1.77. The van der Waals surface area contributed by atoms with Crippen molar-refractivity contribution in [2.24, 2.45) is 11.8 Å². The van der Waals surface area contributed by atoms with Crippen LogP contribution in [-0.4, -0.2) is 24.0 Å². The largest absolute Gasteiger partial charge is 0.365 e. The Morgan fingerprint density at radius 3 is 1.83 bits per heavy atom. The van der Waals surface area contributed by atoms with Gasteiger partial charge in [0.2, 0.25) is 11.8 Å². The number of hydrogen-bond acceptors (Lipinski definition) is 3. The summed E-state index contributed by atoms with van der Waals surface area (Å²) in [5, 5.41) is 0. The van der Waals surface area contributed by atoms with E-state index in [0.29, 0.717) is 5.69 Å². The molecule has 118 valence electrons. The third-order valence-electron chi connectivity index (χ3n) is 5.14. The molecule has 0 unspecified atom stereocenters. The summed E-state index contributed by atoms with van der Waals surface area (Å²) in [5.74, 6) is -1.01. The van der Waals surface area contributed by atoms with Crippen LogP contribution in [0, 0.1) is 11.8 Å². The molecule has 2 saturated heterocycles. The highest BCUT2D eigenvalue weighted by atomic mass is 16.5. The van der Waals surface area contributed by atoms with E-state index in [1.807, 2.05) is 66.7 Å². The smallest absolute Gasteiger partial charge is 0.240 e. The molecule has 4 heteroatoms. The van der Waals surface area contributed by atoms with E-state index >= 15 is 0 Å². The number of carbonyl (C=O) groups is 2. The molecule has 2 amide bonds. The summed E-state index contributed by atoms with van der Waals surface area (Å²) in [6.45, 7) is 0. The van der Waals surface area contributed by atoms with E-state index in [1.54, 1.807) is 0 Å². The van der Waals surface area contributed by atoms with Crippen molar-refractivity contribution in [2.75, 3.05) is 4.90 Å². The number of anilines is 1. The standard InChI is InChI=1S/C20H15NO3/c22-19-17-15-10-11-16(24-15)18(17)20(23)21(19)14-8-6-13(7-9-14)12-4-2-1-3-5-12/h1-11,15-18H/t15-,16+,17-,18-/m0/s1. The highest BCUT2D eigenvalue weighted by Gasteiger charge is 2.60. The first-order valence-corrected chi connectivity index (χ1v) is 8.11. The topological polar surface area (TPSA) is 46.6 Å². The van der Waals surface area contributed by atoms with Crippen molar-refractivity contribution in [1.82, 2.24) is 0 Å². The summed E-state index contributed by atoms with van der Waals surface area (Å²) in [6, 6.07) is 17.6. The van der Waals surface area contributed by atoms with E-state index in [-0.39, 0.29) is 35.9 Å². The number of fused-ring (bicyclic) bond motifs is 5. The lowest BCUT2D eigenvalue weighted by atomic mass is 9.85. The van der Waals surface area contributed by atoms with Gasteiger partial charge in [0.15, 0.2) is 0 Å². The van der Waals surface area contributed by atoms with Crippen LogP contribution in [0.1, 0.15) is 0 Å². The fraction of sp³-hybridized carbons (Fsp3) is 0.200. The van der Waals surface area contributed by atoms with Crippen LogP contribution >= 0.6 is 0 Å². The van der Waals surface area contributed by atoms with Gasteiger partial charge in [-0.15, -0.1) is 0 Å². The normalized spacial score (nSPS) is 30.2. The maximum Gasteiger partial charge on any atom is 0.240 e. The van der Waals surface area contributed by atoms with E-state index in [4.69, 9.17) is 4.74 Å². The Morgan fingerprint density at radius 1 is 0.708 bits per heavy atom. The van der Waals surface area contributed by atoms with Gasteiger partial charge < -0.3 is 4.74 Å². The third-order valence-corrected chi connectivity index (χ3v) is 5.14. The molecule has 0 spiro atoms. The highest BCUT2D eigenvalue weighted by Crippen LogP contribution is 2.46. The molecule has 0 saturated carbocycles. The van der Waals surface area contributed by atoms with Gasteiger partial charge in [0.25, 0.3) is 0 Å². The molecule has 0 aromatic heterocycles. The van der Waals surface area contributed by atoms with Crippen molar-refractivity contribution in [3.8, 4) is 11.1 Å². The predicted octanol–water partition coefficient (Wildman–Crippen LogP) is 2.80. The van der Waals surface area contributed by atoms with Gasteiger partial charge in [0, 0.05) is 0 Å². The Balaban J connectivity index is 1.47. The fourth-order valence-corrected chi connectivity index (χ4v) is 3.99. The van der Waals surface area contributed by atoms with Crippen molar-refractivity contribution in [3.05, 3.63) is 66.7 Å². The van der Waals surface area contributed by atoms with Crippen molar-refractivity contribution < 1.29 is 14.3 Å². The fourth-order valence-electron chi connectivity index (χ4n) is 3.99. The van der Waals surface area contributed by atoms with Crippen molar-refractivity contribution in [3.63, 3.8) is 0 Å². The van der Waals surface area contributed by atoms with E-state index < -0.39 is 0 Å². The van der Waals surface area contributed by atoms with Crippen LogP contribution in [0.4, 0.5) is 5.69 Å². The van der Waals surface area contributed by atoms with Crippen LogP contribution in [0.5, 0.6) is 0 Å². The number of imide groups is 1. The summed E-state index contributed by atoms with van der Waals surface area (Å²) in [5.41, 5.74) is 2.80. The lowest BCUT2D eigenvalue weighted by molar-refractivity contribution is -0.124.